The molecule has 0 bridgehead atoms. The molecule has 1 N–H and O–H groups in total. The van der Waals surface area contributed by atoms with E-state index in [-0.39, 0.29) is 35.9 Å². The molecule has 228 valence electrons. The van der Waals surface area contributed by atoms with Crippen molar-refractivity contribution in [1.82, 2.24) is 15.1 Å². The molecule has 1 aromatic heterocycles. The number of hydrogen-bond donors (Lipinski definition) is 1. The third kappa shape index (κ3) is 8.16. The van der Waals surface area contributed by atoms with Crippen LogP contribution in [0.5, 0.6) is 0 Å². The minimum absolute atomic E-state index is 0.0215. The maximum Gasteiger partial charge on any atom is 0.416 e. The second-order valence-electron chi connectivity index (χ2n) is 11.9. The Morgan fingerprint density at radius 1 is 1.00 bits per heavy atom. The fraction of sp³-hybridized carbons (Fsp3) is 0.364. The number of aromatic nitrogens is 2. The van der Waals surface area contributed by atoms with Crippen LogP contribution in [0.4, 0.5) is 13.2 Å². The number of nitrogens with one attached hydrogen (secondary N) is 1. The topological polar surface area (TPSA) is 73.2 Å². The summed E-state index contributed by atoms with van der Waals surface area (Å²) < 4.78 is 46.5. The monoisotopic (exact) mass is 613 g/mol. The number of benzene rings is 3. The quantitative estimate of drug-likeness (QED) is 0.192. The SMILES string of the molecule is CC(C)C[C@H](c1ccc(C(=O)NCCC(=O)OC(C)(C)C)cc1)n1ncc2cc(-c3ccc(C(F)(F)F)cc3Cl)ccc21. The Hall–Kier alpha value is -3.85. The zero-order chi connectivity index (χ0) is 31.5. The Balaban J connectivity index is 1.53. The zero-order valence-electron chi connectivity index (χ0n) is 24.8. The Morgan fingerprint density at radius 2 is 1.70 bits per heavy atom. The van der Waals surface area contributed by atoms with Crippen molar-refractivity contribution in [2.24, 2.45) is 5.92 Å². The Labute approximate surface area is 254 Å². The lowest BCUT2D eigenvalue weighted by atomic mass is 9.95. The van der Waals surface area contributed by atoms with Crippen molar-refractivity contribution in [1.29, 1.82) is 0 Å². The van der Waals surface area contributed by atoms with Gasteiger partial charge in [0.15, 0.2) is 0 Å². The minimum Gasteiger partial charge on any atom is -0.460 e. The summed E-state index contributed by atoms with van der Waals surface area (Å²) in [6.45, 7) is 9.79. The molecule has 43 heavy (non-hydrogen) atoms. The van der Waals surface area contributed by atoms with Crippen molar-refractivity contribution in [3.63, 3.8) is 0 Å². The van der Waals surface area contributed by atoms with Gasteiger partial charge in [-0.3, -0.25) is 14.3 Å². The normalized spacial score (nSPS) is 12.9. The number of halogens is 4. The van der Waals surface area contributed by atoms with Crippen LogP contribution < -0.4 is 5.32 Å². The van der Waals surface area contributed by atoms with Gasteiger partial charge in [-0.05, 0) is 80.6 Å². The summed E-state index contributed by atoms with van der Waals surface area (Å²) in [5.74, 6) is -0.319. The largest absolute Gasteiger partial charge is 0.460 e. The van der Waals surface area contributed by atoms with E-state index in [1.165, 1.54) is 6.07 Å². The van der Waals surface area contributed by atoms with Gasteiger partial charge >= 0.3 is 12.1 Å². The van der Waals surface area contributed by atoms with E-state index in [1.807, 2.05) is 35.0 Å². The second-order valence-corrected chi connectivity index (χ2v) is 12.3. The summed E-state index contributed by atoms with van der Waals surface area (Å²) in [6, 6.07) is 16.1. The molecule has 1 amide bonds. The molecule has 0 saturated carbocycles. The molecular weight excluding hydrogens is 579 g/mol. The molecule has 0 fully saturated rings. The van der Waals surface area contributed by atoms with Gasteiger partial charge in [0.2, 0.25) is 0 Å². The number of fused-ring (bicyclic) bond motifs is 1. The molecule has 4 aromatic rings. The van der Waals surface area contributed by atoms with Gasteiger partial charge in [0.05, 0.1) is 29.7 Å². The van der Waals surface area contributed by atoms with Gasteiger partial charge in [-0.2, -0.15) is 18.3 Å². The van der Waals surface area contributed by atoms with Crippen molar-refractivity contribution in [3.8, 4) is 11.1 Å². The van der Waals surface area contributed by atoms with E-state index < -0.39 is 17.3 Å². The second kappa shape index (κ2) is 12.8. The number of carbonyl (C=O) groups is 2. The highest BCUT2D eigenvalue weighted by atomic mass is 35.5. The van der Waals surface area contributed by atoms with Gasteiger partial charge < -0.3 is 10.1 Å². The van der Waals surface area contributed by atoms with Crippen molar-refractivity contribution in [2.45, 2.75) is 65.3 Å². The predicted octanol–water partition coefficient (Wildman–Crippen LogP) is 8.47. The fourth-order valence-corrected chi connectivity index (χ4v) is 5.14. The van der Waals surface area contributed by atoms with Crippen LogP contribution in [0.3, 0.4) is 0 Å². The lowest BCUT2D eigenvalue weighted by Gasteiger charge is -2.22. The van der Waals surface area contributed by atoms with Crippen LogP contribution in [-0.2, 0) is 15.7 Å². The Morgan fingerprint density at radius 3 is 2.30 bits per heavy atom. The van der Waals surface area contributed by atoms with Gasteiger partial charge in [0.25, 0.3) is 5.91 Å². The molecule has 1 heterocycles. The van der Waals surface area contributed by atoms with E-state index in [2.05, 4.69) is 24.3 Å². The minimum atomic E-state index is -4.47. The van der Waals surface area contributed by atoms with Crippen molar-refractivity contribution < 1.29 is 27.5 Å². The molecule has 6 nitrogen and oxygen atoms in total. The lowest BCUT2D eigenvalue weighted by Crippen LogP contribution is -2.29. The van der Waals surface area contributed by atoms with Crippen molar-refractivity contribution in [3.05, 3.63) is 88.6 Å². The van der Waals surface area contributed by atoms with Crippen LogP contribution in [-0.4, -0.2) is 33.8 Å². The summed E-state index contributed by atoms with van der Waals surface area (Å²) in [5, 5.41) is 8.28. The van der Waals surface area contributed by atoms with Gasteiger partial charge in [-0.15, -0.1) is 0 Å². The van der Waals surface area contributed by atoms with E-state index in [0.717, 1.165) is 35.0 Å². The number of nitrogens with zero attached hydrogens (tertiary/aromatic N) is 2. The number of esters is 1. The number of alkyl halides is 3. The van der Waals surface area contributed by atoms with Gasteiger partial charge in [-0.1, -0.05) is 49.7 Å². The number of amides is 1. The number of rotatable bonds is 9. The van der Waals surface area contributed by atoms with Crippen LogP contribution in [0.1, 0.15) is 75.0 Å². The molecular formula is C33H35ClF3N3O3. The van der Waals surface area contributed by atoms with E-state index in [1.54, 1.807) is 39.1 Å². The highest BCUT2D eigenvalue weighted by Crippen LogP contribution is 2.37. The molecule has 1 atom stereocenters. The Kier molecular flexibility index (Phi) is 9.54. The Bertz CT molecular complexity index is 1610. The van der Waals surface area contributed by atoms with E-state index in [0.29, 0.717) is 22.6 Å². The van der Waals surface area contributed by atoms with Crippen LogP contribution in [0.2, 0.25) is 5.02 Å². The van der Waals surface area contributed by atoms with E-state index in [9.17, 15) is 22.8 Å². The third-order valence-electron chi connectivity index (χ3n) is 6.79. The fourth-order valence-electron chi connectivity index (χ4n) is 4.85. The lowest BCUT2D eigenvalue weighted by molar-refractivity contribution is -0.154. The van der Waals surface area contributed by atoms with Crippen molar-refractivity contribution >= 4 is 34.4 Å². The van der Waals surface area contributed by atoms with Crippen LogP contribution >= 0.6 is 11.6 Å². The van der Waals surface area contributed by atoms with Gasteiger partial charge in [-0.25, -0.2) is 0 Å². The third-order valence-corrected chi connectivity index (χ3v) is 7.10. The smallest absolute Gasteiger partial charge is 0.416 e. The van der Waals surface area contributed by atoms with Crippen molar-refractivity contribution in [2.75, 3.05) is 6.54 Å². The van der Waals surface area contributed by atoms with E-state index >= 15 is 0 Å². The predicted molar refractivity (Wildman–Crippen MR) is 162 cm³/mol. The maximum atomic E-state index is 13.1. The first-order chi connectivity index (χ1) is 20.1. The first-order valence-corrected chi connectivity index (χ1v) is 14.4. The summed E-state index contributed by atoms with van der Waals surface area (Å²) in [7, 11) is 0. The highest BCUT2D eigenvalue weighted by molar-refractivity contribution is 6.33. The van der Waals surface area contributed by atoms with Gasteiger partial charge in [0.1, 0.15) is 5.60 Å². The molecule has 4 rings (SSSR count). The summed E-state index contributed by atoms with van der Waals surface area (Å²) in [4.78, 5) is 24.6. The average Bonchev–Trinajstić information content (AvgIpc) is 3.33. The van der Waals surface area contributed by atoms with Crippen LogP contribution in [0.15, 0.2) is 66.9 Å². The molecule has 0 radical (unpaired) electrons. The summed E-state index contributed by atoms with van der Waals surface area (Å²) in [5.41, 5.74) is 2.12. The molecule has 0 aliphatic heterocycles. The first kappa shape index (κ1) is 32.1. The average molecular weight is 614 g/mol. The molecule has 0 aliphatic carbocycles. The molecule has 0 spiro atoms. The maximum absolute atomic E-state index is 13.1. The van der Waals surface area contributed by atoms with Gasteiger partial charge in [0, 0.05) is 28.1 Å². The zero-order valence-corrected chi connectivity index (χ0v) is 25.5. The number of carbonyl (C=O) groups excluding carboxylic acids is 2. The van der Waals surface area contributed by atoms with Crippen LogP contribution in [0, 0.1) is 5.92 Å². The molecule has 0 aliphatic rings. The number of ether oxygens (including phenoxy) is 1. The summed E-state index contributed by atoms with van der Waals surface area (Å²) in [6.07, 6.45) is -1.87. The molecule has 0 unspecified atom stereocenters. The highest BCUT2D eigenvalue weighted by Gasteiger charge is 2.31. The number of hydrogen-bond acceptors (Lipinski definition) is 4. The molecule has 10 heteroatoms. The standard InChI is InChI=1S/C33H35ClF3N3O3/c1-20(2)16-29(21-6-8-22(9-7-21)31(42)38-15-14-30(41)43-32(3,4)5)40-28-13-10-23(17-24(28)19-39-40)26-12-11-25(18-27(26)34)33(35,36)37/h6-13,17-20,29H,14-16H2,1-5H3,(H,38,42)/t29-/m1/s1. The van der Waals surface area contributed by atoms with E-state index in [4.69, 9.17) is 16.3 Å². The molecule has 0 saturated heterocycles. The van der Waals surface area contributed by atoms with Crippen LogP contribution in [0.25, 0.3) is 22.0 Å². The molecule has 3 aromatic carbocycles. The summed E-state index contributed by atoms with van der Waals surface area (Å²) >= 11 is 6.24. The first-order valence-electron chi connectivity index (χ1n) is 14.1.